The number of imidazole rings is 1. The Morgan fingerprint density at radius 2 is 0.965 bits per heavy atom. The van der Waals surface area contributed by atoms with Crippen molar-refractivity contribution in [2.45, 2.75) is 35.7 Å². The van der Waals surface area contributed by atoms with Crippen LogP contribution < -0.4 is 5.32 Å². The van der Waals surface area contributed by atoms with Gasteiger partial charge >= 0.3 is 0 Å². The van der Waals surface area contributed by atoms with Crippen molar-refractivity contribution in [2.75, 3.05) is 11.9 Å². The summed E-state index contributed by atoms with van der Waals surface area (Å²) < 4.78 is 15.2. The van der Waals surface area contributed by atoms with Gasteiger partial charge in [-0.2, -0.15) is 0 Å². The third-order valence-corrected chi connectivity index (χ3v) is 10.9. The van der Waals surface area contributed by atoms with Crippen LogP contribution in [-0.4, -0.2) is 54.7 Å². The van der Waals surface area contributed by atoms with E-state index in [1.54, 1.807) is 10.9 Å². The number of ether oxygens (including phenoxy) is 2. The molecule has 282 valence electrons. The minimum atomic E-state index is -1.31. The van der Waals surface area contributed by atoms with Gasteiger partial charge < -0.3 is 25.0 Å². The Bertz CT molecular complexity index is 2330. The summed E-state index contributed by atoms with van der Waals surface area (Å²) in [4.78, 5) is 14.1. The van der Waals surface area contributed by atoms with Crippen molar-refractivity contribution in [3.05, 3.63) is 228 Å². The second-order valence-corrected chi connectivity index (χ2v) is 14.2. The Morgan fingerprint density at radius 3 is 1.40 bits per heavy atom. The molecule has 0 saturated carbocycles. The van der Waals surface area contributed by atoms with Crippen LogP contribution in [0.3, 0.4) is 0 Å². The molecule has 0 amide bonds. The molecule has 9 rings (SSSR count). The van der Waals surface area contributed by atoms with E-state index in [0.29, 0.717) is 17.0 Å². The predicted molar refractivity (Wildman–Crippen MR) is 219 cm³/mol. The number of nitrogens with one attached hydrogen (secondary N) is 1. The summed E-state index contributed by atoms with van der Waals surface area (Å²) in [5.74, 6) is 0.488. The maximum atomic E-state index is 11.6. The van der Waals surface area contributed by atoms with E-state index in [-0.39, 0.29) is 6.61 Å². The van der Waals surface area contributed by atoms with Crippen LogP contribution in [-0.2, 0) is 20.6 Å². The van der Waals surface area contributed by atoms with Crippen molar-refractivity contribution in [1.29, 1.82) is 0 Å². The molecule has 4 atom stereocenters. The van der Waals surface area contributed by atoms with Crippen LogP contribution in [0.1, 0.15) is 39.6 Å². The van der Waals surface area contributed by atoms with Crippen LogP contribution >= 0.6 is 0 Å². The molecule has 0 spiro atoms. The third-order valence-electron chi connectivity index (χ3n) is 10.9. The van der Waals surface area contributed by atoms with Gasteiger partial charge in [-0.15, -0.1) is 0 Å². The molecule has 2 aromatic heterocycles. The number of fused-ring (bicyclic) bond motifs is 1. The number of hydrogen-bond acceptors (Lipinski definition) is 8. The fourth-order valence-electron chi connectivity index (χ4n) is 8.16. The Hall–Kier alpha value is -6.49. The van der Waals surface area contributed by atoms with Crippen LogP contribution in [0.15, 0.2) is 195 Å². The molecular formula is C48H41N5O4. The molecule has 57 heavy (non-hydrogen) atoms. The molecule has 1 saturated heterocycles. The third kappa shape index (κ3) is 6.46. The van der Waals surface area contributed by atoms with Crippen LogP contribution in [0.5, 0.6) is 0 Å². The first-order valence-electron chi connectivity index (χ1n) is 19.0. The summed E-state index contributed by atoms with van der Waals surface area (Å²) in [7, 11) is 0. The number of aliphatic hydroxyl groups excluding tert-OH is 2. The van der Waals surface area contributed by atoms with Gasteiger partial charge in [0.15, 0.2) is 23.2 Å². The van der Waals surface area contributed by atoms with Crippen molar-refractivity contribution in [3.63, 3.8) is 0 Å². The topological polar surface area (TPSA) is 115 Å². The molecule has 1 fully saturated rings. The van der Waals surface area contributed by atoms with E-state index < -0.39 is 35.7 Å². The normalized spacial score (nSPS) is 18.4. The lowest BCUT2D eigenvalue weighted by Gasteiger charge is -2.37. The zero-order chi connectivity index (χ0) is 38.7. The van der Waals surface area contributed by atoms with Crippen molar-refractivity contribution < 1.29 is 19.7 Å². The number of anilines is 1. The molecule has 1 aliphatic heterocycles. The highest BCUT2D eigenvalue weighted by Gasteiger charge is 2.47. The maximum Gasteiger partial charge on any atom is 0.167 e. The van der Waals surface area contributed by atoms with E-state index in [9.17, 15) is 10.2 Å². The van der Waals surface area contributed by atoms with Crippen molar-refractivity contribution in [1.82, 2.24) is 19.5 Å². The first-order chi connectivity index (χ1) is 28.1. The smallest absolute Gasteiger partial charge is 0.167 e. The van der Waals surface area contributed by atoms with Gasteiger partial charge in [-0.25, -0.2) is 15.0 Å². The molecular weight excluding hydrogens is 711 g/mol. The van der Waals surface area contributed by atoms with Gasteiger partial charge in [-0.05, 0) is 33.4 Å². The summed E-state index contributed by atoms with van der Waals surface area (Å²) >= 11 is 0. The summed E-state index contributed by atoms with van der Waals surface area (Å²) in [5.41, 5.74) is 4.79. The summed E-state index contributed by atoms with van der Waals surface area (Å²) in [6, 6.07) is 60.8. The lowest BCUT2D eigenvalue weighted by Crippen LogP contribution is -2.39. The second kappa shape index (κ2) is 15.6. The fraction of sp³-hybridized carbons (Fsp3) is 0.146. The Kier molecular flexibility index (Phi) is 9.88. The van der Waals surface area contributed by atoms with Gasteiger partial charge in [0.25, 0.3) is 0 Å². The monoisotopic (exact) mass is 751 g/mol. The van der Waals surface area contributed by atoms with Crippen molar-refractivity contribution in [2.24, 2.45) is 0 Å². The Balaban J connectivity index is 1.07. The van der Waals surface area contributed by atoms with E-state index >= 15 is 0 Å². The van der Waals surface area contributed by atoms with Gasteiger partial charge in [-0.1, -0.05) is 182 Å². The van der Waals surface area contributed by atoms with Gasteiger partial charge in [-0.3, -0.25) is 4.57 Å². The molecule has 8 aromatic rings. The molecule has 6 aromatic carbocycles. The zero-order valence-corrected chi connectivity index (χ0v) is 31.0. The molecule has 0 radical (unpaired) electrons. The summed E-state index contributed by atoms with van der Waals surface area (Å²) in [6.45, 7) is -0.0322. The first-order valence-corrected chi connectivity index (χ1v) is 19.0. The van der Waals surface area contributed by atoms with Crippen LogP contribution in [0.25, 0.3) is 11.2 Å². The van der Waals surface area contributed by atoms with E-state index in [1.807, 2.05) is 146 Å². The van der Waals surface area contributed by atoms with Gasteiger partial charge in [0.1, 0.15) is 35.8 Å². The fourth-order valence-corrected chi connectivity index (χ4v) is 8.16. The number of benzene rings is 6. The average molecular weight is 752 g/mol. The quantitative estimate of drug-likeness (QED) is 0.108. The lowest BCUT2D eigenvalue weighted by molar-refractivity contribution is -0.0942. The van der Waals surface area contributed by atoms with Crippen LogP contribution in [0.2, 0.25) is 0 Å². The average Bonchev–Trinajstić information content (AvgIpc) is 3.85. The maximum absolute atomic E-state index is 11.6. The molecule has 0 bridgehead atoms. The number of aliphatic hydroxyl groups is 2. The number of aromatic nitrogens is 4. The Morgan fingerprint density at radius 1 is 0.544 bits per heavy atom. The summed E-state index contributed by atoms with van der Waals surface area (Å²) in [6.07, 6.45) is -1.43. The Labute approximate surface area is 330 Å². The van der Waals surface area contributed by atoms with Crippen LogP contribution in [0, 0.1) is 0 Å². The molecule has 0 aliphatic carbocycles. The SMILES string of the molecule is OC1C(O)[C@@H](COC(c2ccccc2)(c2ccccc2)c2ccccc2)O[C@H]1n1cnc2c(NC(c3ccccc3)(c3ccccc3)c3ccccc3)ncnc21. The lowest BCUT2D eigenvalue weighted by atomic mass is 9.77. The highest BCUT2D eigenvalue weighted by Crippen LogP contribution is 2.43. The number of hydrogen-bond donors (Lipinski definition) is 3. The second-order valence-electron chi connectivity index (χ2n) is 14.2. The number of nitrogens with zero attached hydrogens (tertiary/aromatic N) is 4. The van der Waals surface area contributed by atoms with Gasteiger partial charge in [0.2, 0.25) is 0 Å². The van der Waals surface area contributed by atoms with Gasteiger partial charge in [0, 0.05) is 0 Å². The summed E-state index contributed by atoms with van der Waals surface area (Å²) in [5, 5.41) is 27.0. The molecule has 9 nitrogen and oxygen atoms in total. The van der Waals surface area contributed by atoms with E-state index in [1.165, 1.54) is 6.33 Å². The molecule has 3 N–H and O–H groups in total. The van der Waals surface area contributed by atoms with Crippen molar-refractivity contribution >= 4 is 17.0 Å². The van der Waals surface area contributed by atoms with Gasteiger partial charge in [0.05, 0.1) is 12.9 Å². The highest BCUT2D eigenvalue weighted by molar-refractivity contribution is 5.84. The standard InChI is InChI=1S/C48H41N5O4/c54-42-40(31-56-48(37-25-13-4-14-26-37,38-27-15-5-16-28-38)39-29-17-6-18-30-39)57-46(43(42)55)53-33-51-41-44(49-32-50-45(41)53)52-47(34-19-7-1-8-20-34,35-21-9-2-10-22-35)36-23-11-3-12-24-36/h1-30,32-33,40,42-43,46,54-55H,31H2,(H,49,50,52)/t40-,42?,43?,46-/m1/s1. The molecule has 3 heterocycles. The first kappa shape index (κ1) is 36.2. The minimum Gasteiger partial charge on any atom is -0.387 e. The molecule has 9 heteroatoms. The zero-order valence-electron chi connectivity index (χ0n) is 31.0. The van der Waals surface area contributed by atoms with Crippen molar-refractivity contribution in [3.8, 4) is 0 Å². The number of rotatable bonds is 12. The minimum absolute atomic E-state index is 0.0322. The molecule has 2 unspecified atom stereocenters. The van der Waals surface area contributed by atoms with E-state index in [2.05, 4.69) is 46.7 Å². The highest BCUT2D eigenvalue weighted by atomic mass is 16.6. The van der Waals surface area contributed by atoms with E-state index in [4.69, 9.17) is 19.4 Å². The largest absolute Gasteiger partial charge is 0.387 e. The van der Waals surface area contributed by atoms with Crippen LogP contribution in [0.4, 0.5) is 5.82 Å². The predicted octanol–water partition coefficient (Wildman–Crippen LogP) is 7.86. The molecule has 1 aliphatic rings. The van der Waals surface area contributed by atoms with E-state index in [0.717, 1.165) is 33.4 Å².